The monoisotopic (exact) mass is 173 g/mol. The summed E-state index contributed by atoms with van der Waals surface area (Å²) in [6, 6.07) is 4.25. The molecule has 0 aromatic rings. The van der Waals surface area contributed by atoms with Crippen molar-refractivity contribution < 1.29 is 0 Å². The first-order valence-corrected chi connectivity index (χ1v) is 4.24. The third-order valence-electron chi connectivity index (χ3n) is 2.16. The molecule has 0 fully saturated rings. The van der Waals surface area contributed by atoms with Gasteiger partial charge in [0.05, 0.1) is 23.3 Å². The highest BCUT2D eigenvalue weighted by atomic mass is 14.9. The van der Waals surface area contributed by atoms with Gasteiger partial charge in [0.15, 0.2) is 0 Å². The number of hydrogen-bond donors (Lipinski definition) is 1. The van der Waals surface area contributed by atoms with Crippen LogP contribution in [0.2, 0.25) is 0 Å². The molecular weight excluding hydrogens is 162 g/mol. The van der Waals surface area contributed by atoms with Gasteiger partial charge >= 0.3 is 0 Å². The molecule has 1 aliphatic rings. The molecule has 0 bridgehead atoms. The van der Waals surface area contributed by atoms with E-state index in [4.69, 9.17) is 10.5 Å². The van der Waals surface area contributed by atoms with Gasteiger partial charge in [-0.2, -0.15) is 10.5 Å². The van der Waals surface area contributed by atoms with Crippen molar-refractivity contribution in [3.8, 4) is 12.1 Å². The average molecular weight is 173 g/mol. The molecule has 0 amide bonds. The Morgan fingerprint density at radius 1 is 1.46 bits per heavy atom. The van der Waals surface area contributed by atoms with Crippen LogP contribution in [0.5, 0.6) is 0 Å². The first-order valence-electron chi connectivity index (χ1n) is 4.24. The fraction of sp³-hybridized carbons (Fsp3) is 0.400. The Morgan fingerprint density at radius 2 is 2.15 bits per heavy atom. The minimum atomic E-state index is 0.0250. The lowest BCUT2D eigenvalue weighted by Gasteiger charge is -2.20. The topological polar surface area (TPSA) is 59.6 Å². The lowest BCUT2D eigenvalue weighted by Crippen LogP contribution is -2.27. The third kappa shape index (κ3) is 1.55. The molecule has 3 heteroatoms. The smallest absolute Gasteiger partial charge is 0.101 e. The fourth-order valence-electron chi connectivity index (χ4n) is 1.43. The second kappa shape index (κ2) is 3.78. The number of dihydropyridines is 1. The first kappa shape index (κ1) is 9.35. The van der Waals surface area contributed by atoms with Crippen molar-refractivity contribution in [2.45, 2.75) is 26.3 Å². The summed E-state index contributed by atoms with van der Waals surface area (Å²) in [5, 5.41) is 20.7. The van der Waals surface area contributed by atoms with Gasteiger partial charge in [0.1, 0.15) is 6.07 Å². The zero-order chi connectivity index (χ0) is 9.84. The van der Waals surface area contributed by atoms with Crippen LogP contribution in [0.15, 0.2) is 22.9 Å². The number of nitriles is 2. The van der Waals surface area contributed by atoms with Gasteiger partial charge in [-0.15, -0.1) is 0 Å². The summed E-state index contributed by atoms with van der Waals surface area (Å²) in [5.41, 5.74) is 2.13. The Kier molecular flexibility index (Phi) is 2.72. The molecule has 0 aliphatic carbocycles. The molecule has 0 saturated carbocycles. The van der Waals surface area contributed by atoms with E-state index in [1.54, 1.807) is 6.20 Å². The zero-order valence-electron chi connectivity index (χ0n) is 7.76. The minimum absolute atomic E-state index is 0.0250. The maximum absolute atomic E-state index is 8.89. The molecule has 1 aliphatic heterocycles. The molecule has 66 valence electrons. The molecule has 0 saturated heterocycles. The molecule has 1 atom stereocenters. The summed E-state index contributed by atoms with van der Waals surface area (Å²) in [6.07, 6.45) is 2.42. The van der Waals surface area contributed by atoms with Crippen LogP contribution < -0.4 is 5.32 Å². The summed E-state index contributed by atoms with van der Waals surface area (Å²) in [6.45, 7) is 3.87. The van der Waals surface area contributed by atoms with E-state index in [2.05, 4.69) is 17.5 Å². The van der Waals surface area contributed by atoms with Crippen molar-refractivity contribution in [3.63, 3.8) is 0 Å². The average Bonchev–Trinajstić information content (AvgIpc) is 2.17. The van der Waals surface area contributed by atoms with E-state index in [1.165, 1.54) is 0 Å². The Labute approximate surface area is 78.0 Å². The molecule has 1 N–H and O–H groups in total. The second-order valence-electron chi connectivity index (χ2n) is 2.92. The van der Waals surface area contributed by atoms with Crippen LogP contribution in [-0.2, 0) is 0 Å². The predicted molar refractivity (Wildman–Crippen MR) is 49.2 cm³/mol. The van der Waals surface area contributed by atoms with Crippen LogP contribution in [0.1, 0.15) is 20.3 Å². The molecule has 0 radical (unpaired) electrons. The van der Waals surface area contributed by atoms with Crippen molar-refractivity contribution in [1.82, 2.24) is 5.32 Å². The summed E-state index contributed by atoms with van der Waals surface area (Å²) in [5.74, 6) is 0. The van der Waals surface area contributed by atoms with Crippen LogP contribution in [0.25, 0.3) is 0 Å². The Balaban J connectivity index is 3.19. The number of nitrogens with zero attached hydrogens (tertiary/aromatic N) is 2. The van der Waals surface area contributed by atoms with Gasteiger partial charge in [-0.3, -0.25) is 0 Å². The van der Waals surface area contributed by atoms with Crippen LogP contribution in [0.4, 0.5) is 0 Å². The maximum atomic E-state index is 8.89. The Hall–Kier alpha value is -1.74. The predicted octanol–water partition coefficient (Wildman–Crippen LogP) is 1.62. The minimum Gasteiger partial charge on any atom is -0.383 e. The number of rotatable bonds is 1. The van der Waals surface area contributed by atoms with E-state index in [1.807, 2.05) is 13.8 Å². The van der Waals surface area contributed by atoms with Gasteiger partial charge in [-0.05, 0) is 18.9 Å². The maximum Gasteiger partial charge on any atom is 0.101 e. The SMILES string of the molecule is CCC1=C(C#N)C(C)NC=C1C#N. The van der Waals surface area contributed by atoms with E-state index >= 15 is 0 Å². The molecule has 1 rings (SSSR count). The molecular formula is C10H11N3. The third-order valence-corrected chi connectivity index (χ3v) is 2.16. The van der Waals surface area contributed by atoms with Gasteiger partial charge in [-0.25, -0.2) is 0 Å². The standard InChI is InChI=1S/C10H11N3/c1-3-9-8(4-11)6-13-7(2)10(9)5-12/h6-7,13H,3H2,1-2H3. The number of hydrogen-bond acceptors (Lipinski definition) is 3. The van der Waals surface area contributed by atoms with Crippen molar-refractivity contribution in [2.24, 2.45) is 0 Å². The van der Waals surface area contributed by atoms with Crippen molar-refractivity contribution in [2.75, 3.05) is 0 Å². The van der Waals surface area contributed by atoms with E-state index in [0.29, 0.717) is 11.1 Å². The van der Waals surface area contributed by atoms with Crippen LogP contribution >= 0.6 is 0 Å². The molecule has 1 heterocycles. The van der Waals surface area contributed by atoms with Crippen LogP contribution in [-0.4, -0.2) is 6.04 Å². The zero-order valence-corrected chi connectivity index (χ0v) is 7.76. The highest BCUT2D eigenvalue weighted by Crippen LogP contribution is 2.23. The summed E-state index contributed by atoms with van der Waals surface area (Å²) in [7, 11) is 0. The highest BCUT2D eigenvalue weighted by molar-refractivity contribution is 5.52. The van der Waals surface area contributed by atoms with E-state index in [9.17, 15) is 0 Å². The lowest BCUT2D eigenvalue weighted by atomic mass is 9.93. The second-order valence-corrected chi connectivity index (χ2v) is 2.92. The molecule has 0 aromatic carbocycles. The quantitative estimate of drug-likeness (QED) is 0.655. The molecule has 13 heavy (non-hydrogen) atoms. The first-order chi connectivity index (χ1) is 6.24. The number of nitrogens with one attached hydrogen (secondary N) is 1. The van der Waals surface area contributed by atoms with Crippen LogP contribution in [0, 0.1) is 22.7 Å². The van der Waals surface area contributed by atoms with E-state index in [0.717, 1.165) is 12.0 Å². The van der Waals surface area contributed by atoms with E-state index in [-0.39, 0.29) is 6.04 Å². The summed E-state index contributed by atoms with van der Waals surface area (Å²) in [4.78, 5) is 0. The van der Waals surface area contributed by atoms with Gasteiger partial charge in [0.2, 0.25) is 0 Å². The lowest BCUT2D eigenvalue weighted by molar-refractivity contribution is 0.716. The normalized spacial score (nSPS) is 21.2. The van der Waals surface area contributed by atoms with E-state index < -0.39 is 0 Å². The van der Waals surface area contributed by atoms with Crippen molar-refractivity contribution >= 4 is 0 Å². The van der Waals surface area contributed by atoms with Gasteiger partial charge in [0.25, 0.3) is 0 Å². The molecule has 0 aromatic heterocycles. The Morgan fingerprint density at radius 3 is 2.62 bits per heavy atom. The van der Waals surface area contributed by atoms with Gasteiger partial charge < -0.3 is 5.32 Å². The van der Waals surface area contributed by atoms with Crippen LogP contribution in [0.3, 0.4) is 0 Å². The molecule has 0 spiro atoms. The number of allylic oxidation sites excluding steroid dienone is 2. The van der Waals surface area contributed by atoms with Gasteiger partial charge in [0, 0.05) is 6.20 Å². The highest BCUT2D eigenvalue weighted by Gasteiger charge is 2.19. The Bertz CT molecular complexity index is 349. The van der Waals surface area contributed by atoms with Crippen molar-refractivity contribution in [1.29, 1.82) is 10.5 Å². The summed E-state index contributed by atoms with van der Waals surface area (Å²) >= 11 is 0. The fourth-order valence-corrected chi connectivity index (χ4v) is 1.43. The summed E-state index contributed by atoms with van der Waals surface area (Å²) < 4.78 is 0. The molecule has 1 unspecified atom stereocenters. The largest absolute Gasteiger partial charge is 0.383 e. The molecule has 3 nitrogen and oxygen atoms in total. The van der Waals surface area contributed by atoms with Crippen molar-refractivity contribution in [3.05, 3.63) is 22.9 Å². The van der Waals surface area contributed by atoms with Gasteiger partial charge in [-0.1, -0.05) is 6.92 Å².